The van der Waals surface area contributed by atoms with Crippen LogP contribution in [0.2, 0.25) is 0 Å². The first-order valence-corrected chi connectivity index (χ1v) is 11.2. The van der Waals surface area contributed by atoms with Gasteiger partial charge in [-0.2, -0.15) is 5.10 Å². The van der Waals surface area contributed by atoms with Crippen molar-refractivity contribution < 1.29 is 4.79 Å². The lowest BCUT2D eigenvalue weighted by atomic mass is 10.0. The number of hydrogen-bond donors (Lipinski definition) is 2. The maximum atomic E-state index is 13.2. The van der Waals surface area contributed by atoms with Gasteiger partial charge in [0.25, 0.3) is 5.91 Å². The minimum atomic E-state index is -0.0244. The van der Waals surface area contributed by atoms with Crippen molar-refractivity contribution in [2.45, 2.75) is 33.1 Å². The Balaban J connectivity index is 1.35. The summed E-state index contributed by atoms with van der Waals surface area (Å²) in [6.45, 7) is 7.41. The molecule has 0 bridgehead atoms. The Hall–Kier alpha value is -3.26. The summed E-state index contributed by atoms with van der Waals surface area (Å²) in [6, 6.07) is 10.1. The van der Waals surface area contributed by atoms with Crippen LogP contribution >= 0.6 is 11.3 Å². The molecule has 4 aromatic rings. The Morgan fingerprint density at radius 1 is 1.23 bits per heavy atom. The fraction of sp³-hybridized carbons (Fsp3) is 0.304. The topological polar surface area (TPSA) is 86.8 Å². The first-order valence-electron chi connectivity index (χ1n) is 10.4. The minimum absolute atomic E-state index is 0.0244. The number of likely N-dealkylation sites (tertiary alicyclic amines) is 1. The monoisotopic (exact) mass is 432 g/mol. The van der Waals surface area contributed by atoms with E-state index in [1.807, 2.05) is 56.1 Å². The molecule has 1 fully saturated rings. The van der Waals surface area contributed by atoms with E-state index in [4.69, 9.17) is 4.98 Å². The molecule has 1 aliphatic heterocycles. The molecular weight excluding hydrogens is 408 g/mol. The third-order valence-corrected chi connectivity index (χ3v) is 6.49. The molecule has 3 aromatic heterocycles. The largest absolute Gasteiger partial charge is 0.337 e. The van der Waals surface area contributed by atoms with Gasteiger partial charge >= 0.3 is 0 Å². The van der Waals surface area contributed by atoms with Gasteiger partial charge in [-0.15, -0.1) is 11.3 Å². The van der Waals surface area contributed by atoms with E-state index < -0.39 is 0 Å². The lowest BCUT2D eigenvalue weighted by Gasteiger charge is -2.16. The van der Waals surface area contributed by atoms with E-state index in [1.54, 1.807) is 11.3 Å². The van der Waals surface area contributed by atoms with E-state index in [1.165, 1.54) is 4.88 Å². The number of amides is 1. The second kappa shape index (κ2) is 7.77. The van der Waals surface area contributed by atoms with Gasteiger partial charge in [0.15, 0.2) is 10.8 Å². The Labute approximate surface area is 184 Å². The normalized spacial score (nSPS) is 16.2. The molecule has 1 aliphatic rings. The van der Waals surface area contributed by atoms with E-state index in [0.717, 1.165) is 45.1 Å². The maximum Gasteiger partial charge on any atom is 0.275 e. The number of aryl methyl sites for hydroxylation is 3. The van der Waals surface area contributed by atoms with E-state index in [2.05, 4.69) is 26.6 Å². The van der Waals surface area contributed by atoms with Crippen LogP contribution in [-0.2, 0) is 0 Å². The lowest BCUT2D eigenvalue weighted by Crippen LogP contribution is -2.29. The number of nitrogens with one attached hydrogen (secondary N) is 2. The van der Waals surface area contributed by atoms with Gasteiger partial charge in [0, 0.05) is 52.5 Å². The zero-order valence-corrected chi connectivity index (χ0v) is 18.6. The molecule has 4 heterocycles. The van der Waals surface area contributed by atoms with Gasteiger partial charge < -0.3 is 10.2 Å². The molecule has 31 heavy (non-hydrogen) atoms. The number of aromatic nitrogens is 4. The summed E-state index contributed by atoms with van der Waals surface area (Å²) in [6.07, 6.45) is 2.75. The second-order valence-corrected chi connectivity index (χ2v) is 9.42. The quantitative estimate of drug-likeness (QED) is 0.488. The second-order valence-electron chi connectivity index (χ2n) is 8.18. The Kier molecular flexibility index (Phi) is 4.94. The highest BCUT2D eigenvalue weighted by Gasteiger charge is 2.31. The summed E-state index contributed by atoms with van der Waals surface area (Å²) in [5.41, 5.74) is 5.44. The molecule has 0 saturated carbocycles. The average molecular weight is 433 g/mol. The summed E-state index contributed by atoms with van der Waals surface area (Å²) in [5, 5.41) is 12.4. The molecule has 1 atom stereocenters. The van der Waals surface area contributed by atoms with Crippen molar-refractivity contribution in [2.24, 2.45) is 0 Å². The number of rotatable bonds is 4. The highest BCUT2D eigenvalue weighted by molar-refractivity contribution is 7.15. The number of fused-ring (bicyclic) bond motifs is 1. The minimum Gasteiger partial charge on any atom is -0.337 e. The van der Waals surface area contributed by atoms with Crippen molar-refractivity contribution >= 4 is 39.0 Å². The number of aromatic amines is 1. The van der Waals surface area contributed by atoms with Gasteiger partial charge in [0.1, 0.15) is 0 Å². The SMILES string of the molecule is Cc1ccc2[nH]nc(C(=O)N3CC[C@H](c4cc(Nc5ncc(C)s5)cc(C)n4)C3)c2c1. The van der Waals surface area contributed by atoms with Crippen molar-refractivity contribution in [2.75, 3.05) is 18.4 Å². The fourth-order valence-corrected chi connectivity index (χ4v) is 4.82. The predicted octanol–water partition coefficient (Wildman–Crippen LogP) is 4.71. The Bertz CT molecular complexity index is 1280. The highest BCUT2D eigenvalue weighted by atomic mass is 32.1. The molecule has 1 aromatic carbocycles. The number of pyridine rings is 1. The molecule has 0 unspecified atom stereocenters. The van der Waals surface area contributed by atoms with Gasteiger partial charge in [-0.25, -0.2) is 4.98 Å². The highest BCUT2D eigenvalue weighted by Crippen LogP contribution is 2.31. The number of carbonyl (C=O) groups excluding carboxylic acids is 1. The third kappa shape index (κ3) is 3.90. The van der Waals surface area contributed by atoms with E-state index >= 15 is 0 Å². The molecule has 5 rings (SSSR count). The van der Waals surface area contributed by atoms with Gasteiger partial charge in [0.05, 0.1) is 5.52 Å². The molecule has 7 nitrogen and oxygen atoms in total. The first-order chi connectivity index (χ1) is 15.0. The number of thiazole rings is 1. The zero-order chi connectivity index (χ0) is 21.5. The van der Waals surface area contributed by atoms with Crippen LogP contribution in [0.25, 0.3) is 10.9 Å². The molecule has 1 amide bonds. The molecule has 0 radical (unpaired) electrons. The van der Waals surface area contributed by atoms with Crippen molar-refractivity contribution in [3.63, 3.8) is 0 Å². The van der Waals surface area contributed by atoms with Crippen molar-refractivity contribution in [1.82, 2.24) is 25.1 Å². The third-order valence-electron chi connectivity index (χ3n) is 5.66. The lowest BCUT2D eigenvalue weighted by molar-refractivity contribution is 0.0786. The van der Waals surface area contributed by atoms with Crippen molar-refractivity contribution in [3.05, 3.63) is 64.1 Å². The predicted molar refractivity (Wildman–Crippen MR) is 123 cm³/mol. The molecular formula is C23H24N6OS. The molecule has 0 spiro atoms. The number of anilines is 2. The molecule has 2 N–H and O–H groups in total. The van der Waals surface area contributed by atoms with Crippen molar-refractivity contribution in [1.29, 1.82) is 0 Å². The molecule has 8 heteroatoms. The number of nitrogens with zero attached hydrogens (tertiary/aromatic N) is 4. The fourth-order valence-electron chi connectivity index (χ4n) is 4.14. The van der Waals surface area contributed by atoms with E-state index in [9.17, 15) is 4.79 Å². The number of hydrogen-bond acceptors (Lipinski definition) is 6. The van der Waals surface area contributed by atoms with Crippen LogP contribution in [0.3, 0.4) is 0 Å². The van der Waals surface area contributed by atoms with Crippen molar-refractivity contribution in [3.8, 4) is 0 Å². The summed E-state index contributed by atoms with van der Waals surface area (Å²) in [4.78, 5) is 25.4. The maximum absolute atomic E-state index is 13.2. The summed E-state index contributed by atoms with van der Waals surface area (Å²) < 4.78 is 0. The van der Waals surface area contributed by atoms with Gasteiger partial charge in [-0.1, -0.05) is 11.6 Å². The van der Waals surface area contributed by atoms with Gasteiger partial charge in [0.2, 0.25) is 0 Å². The van der Waals surface area contributed by atoms with E-state index in [0.29, 0.717) is 18.8 Å². The number of benzene rings is 1. The molecule has 0 aliphatic carbocycles. The van der Waals surface area contributed by atoms with Gasteiger partial charge in [-0.05, 0) is 51.5 Å². The van der Waals surface area contributed by atoms with Gasteiger partial charge in [-0.3, -0.25) is 14.9 Å². The van der Waals surface area contributed by atoms with Crippen LogP contribution in [0, 0.1) is 20.8 Å². The Morgan fingerprint density at radius 3 is 2.90 bits per heavy atom. The van der Waals surface area contributed by atoms with Crippen LogP contribution in [0.1, 0.15) is 44.7 Å². The van der Waals surface area contributed by atoms with Crippen LogP contribution in [0.15, 0.2) is 36.5 Å². The Morgan fingerprint density at radius 2 is 2.10 bits per heavy atom. The smallest absolute Gasteiger partial charge is 0.275 e. The first kappa shape index (κ1) is 19.7. The summed E-state index contributed by atoms with van der Waals surface area (Å²) >= 11 is 1.63. The zero-order valence-electron chi connectivity index (χ0n) is 17.8. The van der Waals surface area contributed by atoms with Crippen LogP contribution in [-0.4, -0.2) is 44.1 Å². The standard InChI is InChI=1S/C23H24N6OS/c1-13-4-5-19-18(8-13)21(28-27-19)22(30)29-7-6-16(12-29)20-10-17(9-14(2)25-20)26-23-24-11-15(3)31-23/h4-5,8-11,16H,6-7,12H2,1-3H3,(H,27,28)(H,24,25,26)/t16-/m0/s1. The molecule has 1 saturated heterocycles. The van der Waals surface area contributed by atoms with Crippen LogP contribution < -0.4 is 5.32 Å². The van der Waals surface area contributed by atoms with Crippen LogP contribution in [0.5, 0.6) is 0 Å². The average Bonchev–Trinajstić information content (AvgIpc) is 3.46. The van der Waals surface area contributed by atoms with E-state index in [-0.39, 0.29) is 11.8 Å². The number of H-pyrrole nitrogens is 1. The number of carbonyl (C=O) groups is 1. The molecule has 158 valence electrons. The summed E-state index contributed by atoms with van der Waals surface area (Å²) in [7, 11) is 0. The van der Waals surface area contributed by atoms with Crippen LogP contribution in [0.4, 0.5) is 10.8 Å². The summed E-state index contributed by atoms with van der Waals surface area (Å²) in [5.74, 6) is 0.179.